The average molecular weight is 497 g/mol. The van der Waals surface area contributed by atoms with Gasteiger partial charge in [0.25, 0.3) is 15.7 Å². The number of halogens is 3. The summed E-state index contributed by atoms with van der Waals surface area (Å²) in [4.78, 5) is 44.1. The van der Waals surface area contributed by atoms with Crippen molar-refractivity contribution in [3.05, 3.63) is 48.3 Å². The highest BCUT2D eigenvalue weighted by atomic mass is 32.2. The van der Waals surface area contributed by atoms with Gasteiger partial charge in [0.05, 0.1) is 22.9 Å². The van der Waals surface area contributed by atoms with Crippen LogP contribution in [0.1, 0.15) is 30.6 Å². The van der Waals surface area contributed by atoms with Crippen LogP contribution in [0.25, 0.3) is 0 Å². The largest absolute Gasteiger partial charge is 0.501 e. The van der Waals surface area contributed by atoms with Gasteiger partial charge in [-0.25, -0.2) is 22.9 Å². The van der Waals surface area contributed by atoms with Gasteiger partial charge in [-0.3, -0.25) is 14.7 Å². The first-order chi connectivity index (χ1) is 15.9. The number of benzene rings is 1. The molecule has 2 aromatic rings. The van der Waals surface area contributed by atoms with Crippen LogP contribution < -0.4 is 9.80 Å². The molecule has 2 aliphatic rings. The Hall–Kier alpha value is -3.48. The van der Waals surface area contributed by atoms with Gasteiger partial charge in [0, 0.05) is 12.4 Å². The van der Waals surface area contributed by atoms with Crippen LogP contribution in [0.4, 0.5) is 29.3 Å². The van der Waals surface area contributed by atoms with Gasteiger partial charge in [0.15, 0.2) is 0 Å². The second-order valence-electron chi connectivity index (χ2n) is 7.84. The van der Waals surface area contributed by atoms with Crippen molar-refractivity contribution >= 4 is 39.1 Å². The van der Waals surface area contributed by atoms with E-state index in [1.165, 1.54) is 23.4 Å². The number of hydrogen-bond donors (Lipinski definition) is 0. The molecule has 2 fully saturated rings. The van der Waals surface area contributed by atoms with E-state index in [9.17, 15) is 36.0 Å². The van der Waals surface area contributed by atoms with Gasteiger partial charge in [-0.05, 0) is 49.6 Å². The number of esters is 1. The molecule has 1 aliphatic heterocycles. The molecule has 0 N–H and O–H groups in total. The lowest BCUT2D eigenvalue weighted by atomic mass is 10.1. The molecule has 1 aromatic carbocycles. The van der Waals surface area contributed by atoms with Crippen LogP contribution in [0.2, 0.25) is 0 Å². The minimum absolute atomic E-state index is 0.0301. The van der Waals surface area contributed by atoms with E-state index in [2.05, 4.69) is 4.98 Å². The smallest absolute Gasteiger partial charge is 0.462 e. The summed E-state index contributed by atoms with van der Waals surface area (Å²) in [5.74, 6) is -1.65. The highest BCUT2D eigenvalue weighted by molar-refractivity contribution is 7.92. The summed E-state index contributed by atoms with van der Waals surface area (Å²) < 4.78 is 66.8. The Balaban J connectivity index is 1.76. The predicted octanol–water partition coefficient (Wildman–Crippen LogP) is 3.30. The van der Waals surface area contributed by atoms with Crippen LogP contribution in [0.5, 0.6) is 0 Å². The zero-order valence-electron chi connectivity index (χ0n) is 17.9. The van der Waals surface area contributed by atoms with Gasteiger partial charge in [-0.1, -0.05) is 6.92 Å². The molecule has 1 aliphatic carbocycles. The van der Waals surface area contributed by atoms with E-state index in [0.717, 1.165) is 17.0 Å². The van der Waals surface area contributed by atoms with Crippen molar-refractivity contribution in [3.8, 4) is 0 Å². The monoisotopic (exact) mass is 497 g/mol. The normalized spacial score (nSPS) is 22.4. The molecule has 1 aromatic heterocycles. The van der Waals surface area contributed by atoms with E-state index in [1.807, 2.05) is 0 Å². The molecule has 2 atom stereocenters. The van der Waals surface area contributed by atoms with Crippen LogP contribution in [-0.4, -0.2) is 49.0 Å². The second kappa shape index (κ2) is 7.79. The molecule has 180 valence electrons. The van der Waals surface area contributed by atoms with E-state index < -0.39 is 43.7 Å². The van der Waals surface area contributed by atoms with Crippen molar-refractivity contribution in [2.45, 2.75) is 36.2 Å². The zero-order valence-corrected chi connectivity index (χ0v) is 18.7. The van der Waals surface area contributed by atoms with Crippen molar-refractivity contribution in [2.75, 3.05) is 16.4 Å². The van der Waals surface area contributed by atoms with Crippen molar-refractivity contribution in [1.29, 1.82) is 0 Å². The fourth-order valence-corrected chi connectivity index (χ4v) is 4.83. The summed E-state index contributed by atoms with van der Waals surface area (Å²) in [6.45, 7) is 3.42. The summed E-state index contributed by atoms with van der Waals surface area (Å²) in [6, 6.07) is 3.83. The van der Waals surface area contributed by atoms with Gasteiger partial charge < -0.3 is 4.74 Å². The first-order valence-corrected chi connectivity index (χ1v) is 11.6. The number of sulfone groups is 1. The van der Waals surface area contributed by atoms with Crippen LogP contribution in [-0.2, 0) is 19.4 Å². The molecule has 1 saturated heterocycles. The Morgan fingerprint density at radius 1 is 1.21 bits per heavy atom. The van der Waals surface area contributed by atoms with Crippen molar-refractivity contribution < 1.29 is 40.7 Å². The zero-order chi connectivity index (χ0) is 25.1. The number of anilines is 2. The quantitative estimate of drug-likeness (QED) is 0.460. The molecule has 0 bridgehead atoms. The lowest BCUT2D eigenvalue weighted by molar-refractivity contribution is -0.119. The number of carbonyl (C=O) groups is 3. The first kappa shape index (κ1) is 23.7. The van der Waals surface area contributed by atoms with Crippen molar-refractivity contribution in [2.24, 2.45) is 5.92 Å². The molecule has 3 amide bonds. The van der Waals surface area contributed by atoms with Gasteiger partial charge in [0.2, 0.25) is 0 Å². The Kier molecular flexibility index (Phi) is 5.42. The highest BCUT2D eigenvalue weighted by Crippen LogP contribution is 2.56. The number of carbonyl (C=O) groups excluding carboxylic acids is 3. The molecule has 2 unspecified atom stereocenters. The topological polar surface area (TPSA) is 114 Å². The number of amides is 3. The summed E-state index contributed by atoms with van der Waals surface area (Å²) in [5.41, 5.74) is -6.82. The van der Waals surface area contributed by atoms with Gasteiger partial charge in [-0.2, -0.15) is 13.2 Å². The Labute approximate surface area is 192 Å². The fraction of sp³-hybridized carbons (Fsp3) is 0.333. The lowest BCUT2D eigenvalue weighted by Gasteiger charge is -2.24. The Bertz CT molecular complexity index is 1300. The summed E-state index contributed by atoms with van der Waals surface area (Å²) in [7, 11) is -5.59. The predicted molar refractivity (Wildman–Crippen MR) is 112 cm³/mol. The number of aromatic nitrogens is 1. The number of urea groups is 1. The van der Waals surface area contributed by atoms with E-state index in [0.29, 0.717) is 18.6 Å². The number of rotatable bonds is 5. The third-order valence-electron chi connectivity index (χ3n) is 5.87. The van der Waals surface area contributed by atoms with E-state index in [1.54, 1.807) is 13.8 Å². The van der Waals surface area contributed by atoms with Gasteiger partial charge in [0.1, 0.15) is 11.1 Å². The molecule has 4 rings (SSSR count). The molecular formula is C21H18F3N3O6S. The second-order valence-corrected chi connectivity index (χ2v) is 9.79. The van der Waals surface area contributed by atoms with E-state index >= 15 is 0 Å². The third-order valence-corrected chi connectivity index (χ3v) is 7.37. The molecule has 34 heavy (non-hydrogen) atoms. The van der Waals surface area contributed by atoms with E-state index in [4.69, 9.17) is 4.74 Å². The number of ether oxygens (including phenoxy) is 1. The Morgan fingerprint density at radius 2 is 1.82 bits per heavy atom. The number of alkyl halides is 3. The lowest BCUT2D eigenvalue weighted by Crippen LogP contribution is -2.40. The third kappa shape index (κ3) is 3.33. The number of nitrogens with zero attached hydrogens (tertiary/aromatic N) is 3. The van der Waals surface area contributed by atoms with Crippen LogP contribution in [0.3, 0.4) is 0 Å². The van der Waals surface area contributed by atoms with Crippen LogP contribution in [0, 0.1) is 5.92 Å². The van der Waals surface area contributed by atoms with E-state index in [-0.39, 0.29) is 29.5 Å². The molecule has 9 nitrogen and oxygen atoms in total. The highest BCUT2D eigenvalue weighted by Gasteiger charge is 2.71. The molecule has 1 spiro atoms. The standard InChI is InChI=1S/C21H18F3N3O6S/c1-3-33-17(28)15-11-25-9-8-16(15)27-19(30)26(18(29)20(27)10-12(20)2)13-4-6-14(7-5-13)34(31,32)21(22,23)24/h4-9,11-12H,3,10H2,1-2H3. The first-order valence-electron chi connectivity index (χ1n) is 10.1. The number of imide groups is 1. The van der Waals surface area contributed by atoms with Gasteiger partial charge >= 0.3 is 17.5 Å². The summed E-state index contributed by atoms with van der Waals surface area (Å²) in [6.07, 6.45) is 2.85. The minimum atomic E-state index is -5.59. The van der Waals surface area contributed by atoms with Crippen molar-refractivity contribution in [1.82, 2.24) is 4.98 Å². The maximum atomic E-state index is 13.5. The Morgan fingerprint density at radius 3 is 2.35 bits per heavy atom. The minimum Gasteiger partial charge on any atom is -0.462 e. The van der Waals surface area contributed by atoms with Crippen LogP contribution >= 0.6 is 0 Å². The molecule has 13 heteroatoms. The number of pyridine rings is 1. The fourth-order valence-electron chi connectivity index (χ4n) is 4.07. The summed E-state index contributed by atoms with van der Waals surface area (Å²) in [5, 5.41) is 0. The summed E-state index contributed by atoms with van der Waals surface area (Å²) >= 11 is 0. The SMILES string of the molecule is CCOC(=O)c1cnccc1N1C(=O)N(c2ccc(S(=O)(=O)C(F)(F)F)cc2)C(=O)C12CC2C. The van der Waals surface area contributed by atoms with Crippen LogP contribution in [0.15, 0.2) is 47.6 Å². The maximum Gasteiger partial charge on any atom is 0.501 e. The number of hydrogen-bond acceptors (Lipinski definition) is 7. The van der Waals surface area contributed by atoms with Gasteiger partial charge in [-0.15, -0.1) is 0 Å². The molecule has 0 radical (unpaired) electrons. The van der Waals surface area contributed by atoms with Crippen molar-refractivity contribution in [3.63, 3.8) is 0 Å². The molecule has 1 saturated carbocycles. The molecular weight excluding hydrogens is 479 g/mol. The molecule has 2 heterocycles. The average Bonchev–Trinajstić information content (AvgIpc) is 3.39. The maximum absolute atomic E-state index is 13.5.